The van der Waals surface area contributed by atoms with Crippen LogP contribution in [-0.2, 0) is 4.79 Å². The highest BCUT2D eigenvalue weighted by molar-refractivity contribution is 5.91. The number of rotatable bonds is 5. The molecule has 2 N–H and O–H groups in total. The summed E-state index contributed by atoms with van der Waals surface area (Å²) in [7, 11) is 0. The van der Waals surface area contributed by atoms with Gasteiger partial charge in [-0.05, 0) is 24.3 Å². The van der Waals surface area contributed by atoms with Crippen molar-refractivity contribution >= 4 is 17.3 Å². The van der Waals surface area contributed by atoms with Crippen molar-refractivity contribution < 1.29 is 23.0 Å². The van der Waals surface area contributed by atoms with E-state index in [0.717, 1.165) is 17.8 Å². The average Bonchev–Trinajstić information content (AvgIpc) is 2.98. The Morgan fingerprint density at radius 3 is 2.74 bits per heavy atom. The van der Waals surface area contributed by atoms with E-state index in [2.05, 4.69) is 10.6 Å². The Morgan fingerprint density at radius 1 is 1.09 bits per heavy atom. The first-order valence-corrected chi connectivity index (χ1v) is 7.00. The van der Waals surface area contributed by atoms with E-state index in [-0.39, 0.29) is 24.8 Å². The van der Waals surface area contributed by atoms with Crippen LogP contribution in [-0.4, -0.2) is 19.2 Å². The summed E-state index contributed by atoms with van der Waals surface area (Å²) in [6.45, 7) is 0.554. The molecule has 7 heteroatoms. The molecule has 3 rings (SSSR count). The zero-order valence-electron chi connectivity index (χ0n) is 12.1. The topological polar surface area (TPSA) is 59.6 Å². The molecule has 1 aliphatic rings. The summed E-state index contributed by atoms with van der Waals surface area (Å²) in [5.41, 5.74) is 0.745. The normalized spacial score (nSPS) is 12.1. The van der Waals surface area contributed by atoms with Crippen molar-refractivity contribution in [2.45, 2.75) is 6.42 Å². The maximum Gasteiger partial charge on any atom is 0.231 e. The molecule has 0 atom stereocenters. The largest absolute Gasteiger partial charge is 0.454 e. The van der Waals surface area contributed by atoms with E-state index in [0.29, 0.717) is 18.0 Å². The second-order valence-corrected chi connectivity index (χ2v) is 4.92. The van der Waals surface area contributed by atoms with Gasteiger partial charge < -0.3 is 20.1 Å². The molecule has 120 valence electrons. The van der Waals surface area contributed by atoms with Crippen molar-refractivity contribution in [3.63, 3.8) is 0 Å². The number of amides is 1. The first kappa shape index (κ1) is 15.1. The highest BCUT2D eigenvalue weighted by Gasteiger charge is 2.13. The van der Waals surface area contributed by atoms with Crippen LogP contribution in [0.15, 0.2) is 36.4 Å². The smallest absolute Gasteiger partial charge is 0.231 e. The summed E-state index contributed by atoms with van der Waals surface area (Å²) in [6.07, 6.45) is 0.130. The summed E-state index contributed by atoms with van der Waals surface area (Å²) in [5.74, 6) is -0.538. The van der Waals surface area contributed by atoms with Crippen LogP contribution in [0.3, 0.4) is 0 Å². The predicted molar refractivity (Wildman–Crippen MR) is 80.7 cm³/mol. The highest BCUT2D eigenvalue weighted by Crippen LogP contribution is 2.34. The third kappa shape index (κ3) is 3.68. The lowest BCUT2D eigenvalue weighted by atomic mass is 10.2. The van der Waals surface area contributed by atoms with Gasteiger partial charge in [0, 0.05) is 30.8 Å². The van der Waals surface area contributed by atoms with E-state index < -0.39 is 11.6 Å². The summed E-state index contributed by atoms with van der Waals surface area (Å²) < 4.78 is 36.7. The molecular weight excluding hydrogens is 306 g/mol. The second kappa shape index (κ2) is 6.51. The summed E-state index contributed by atoms with van der Waals surface area (Å²) in [6, 6.07) is 8.36. The Balaban J connectivity index is 1.49. The van der Waals surface area contributed by atoms with Crippen LogP contribution in [0.4, 0.5) is 20.2 Å². The van der Waals surface area contributed by atoms with Crippen LogP contribution in [0.2, 0.25) is 0 Å². The van der Waals surface area contributed by atoms with Gasteiger partial charge in [-0.15, -0.1) is 0 Å². The Bertz CT molecular complexity index is 737. The molecule has 23 heavy (non-hydrogen) atoms. The monoisotopic (exact) mass is 320 g/mol. The maximum atomic E-state index is 13.4. The molecule has 0 unspecified atom stereocenters. The molecule has 0 fully saturated rings. The minimum absolute atomic E-state index is 0.0421. The van der Waals surface area contributed by atoms with Gasteiger partial charge in [0.2, 0.25) is 12.7 Å². The number of hydrogen-bond acceptors (Lipinski definition) is 4. The maximum absolute atomic E-state index is 13.4. The van der Waals surface area contributed by atoms with Crippen molar-refractivity contribution in [1.29, 1.82) is 0 Å². The van der Waals surface area contributed by atoms with Crippen molar-refractivity contribution in [2.24, 2.45) is 0 Å². The lowest BCUT2D eigenvalue weighted by molar-refractivity contribution is -0.116. The number of carbonyl (C=O) groups excluding carboxylic acids is 1. The number of anilines is 2. The van der Waals surface area contributed by atoms with Crippen LogP contribution in [0.1, 0.15) is 6.42 Å². The average molecular weight is 320 g/mol. The van der Waals surface area contributed by atoms with E-state index >= 15 is 0 Å². The van der Waals surface area contributed by atoms with Crippen LogP contribution in [0.25, 0.3) is 0 Å². The van der Waals surface area contributed by atoms with E-state index in [1.54, 1.807) is 12.1 Å². The molecule has 0 saturated carbocycles. The van der Waals surface area contributed by atoms with E-state index in [1.165, 1.54) is 6.07 Å². The first-order chi connectivity index (χ1) is 11.1. The second-order valence-electron chi connectivity index (χ2n) is 4.92. The number of carbonyl (C=O) groups is 1. The van der Waals surface area contributed by atoms with Crippen molar-refractivity contribution in [1.82, 2.24) is 0 Å². The molecule has 0 aromatic heterocycles. The molecule has 0 radical (unpaired) electrons. The molecule has 0 saturated heterocycles. The van der Waals surface area contributed by atoms with Gasteiger partial charge in [0.1, 0.15) is 11.6 Å². The predicted octanol–water partition coefficient (Wildman–Crippen LogP) is 3.13. The van der Waals surface area contributed by atoms with Gasteiger partial charge in [-0.25, -0.2) is 8.78 Å². The Morgan fingerprint density at radius 2 is 1.91 bits per heavy atom. The van der Waals surface area contributed by atoms with Crippen LogP contribution >= 0.6 is 0 Å². The van der Waals surface area contributed by atoms with Gasteiger partial charge in [0.05, 0.1) is 5.69 Å². The zero-order chi connectivity index (χ0) is 16.2. The van der Waals surface area contributed by atoms with Gasteiger partial charge >= 0.3 is 0 Å². The fourth-order valence-corrected chi connectivity index (χ4v) is 2.13. The molecule has 2 aromatic rings. The van der Waals surface area contributed by atoms with Gasteiger partial charge in [0.25, 0.3) is 0 Å². The number of benzene rings is 2. The first-order valence-electron chi connectivity index (χ1n) is 7.00. The van der Waals surface area contributed by atoms with Crippen molar-refractivity contribution in [3.8, 4) is 11.5 Å². The third-order valence-electron chi connectivity index (χ3n) is 3.26. The lowest BCUT2D eigenvalue weighted by Gasteiger charge is -2.09. The fourth-order valence-electron chi connectivity index (χ4n) is 2.13. The molecule has 1 amide bonds. The molecular formula is C16H14F2N2O3. The van der Waals surface area contributed by atoms with Gasteiger partial charge in [-0.2, -0.15) is 0 Å². The Hall–Kier alpha value is -2.83. The standard InChI is InChI=1S/C16H14F2N2O3/c17-10-1-3-13(12(18)7-10)20-16(21)5-6-19-11-2-4-14-15(8-11)23-9-22-14/h1-4,7-8,19H,5-6,9H2,(H,20,21). The number of nitrogens with one attached hydrogen (secondary N) is 2. The minimum Gasteiger partial charge on any atom is -0.454 e. The zero-order valence-corrected chi connectivity index (χ0v) is 12.1. The van der Waals surface area contributed by atoms with Crippen LogP contribution < -0.4 is 20.1 Å². The highest BCUT2D eigenvalue weighted by atomic mass is 19.1. The molecule has 0 aliphatic carbocycles. The summed E-state index contributed by atoms with van der Waals surface area (Å²) in [4.78, 5) is 11.8. The summed E-state index contributed by atoms with van der Waals surface area (Å²) >= 11 is 0. The van der Waals surface area contributed by atoms with E-state index in [1.807, 2.05) is 6.07 Å². The summed E-state index contributed by atoms with van der Waals surface area (Å²) in [5, 5.41) is 5.46. The van der Waals surface area contributed by atoms with Crippen molar-refractivity contribution in [3.05, 3.63) is 48.0 Å². The number of ether oxygens (including phenoxy) is 2. The molecule has 2 aromatic carbocycles. The van der Waals surface area contributed by atoms with Gasteiger partial charge in [-0.1, -0.05) is 0 Å². The van der Waals surface area contributed by atoms with Crippen LogP contribution in [0, 0.1) is 11.6 Å². The number of halogens is 2. The fraction of sp³-hybridized carbons (Fsp3) is 0.188. The third-order valence-corrected chi connectivity index (χ3v) is 3.26. The minimum atomic E-state index is -0.804. The molecule has 1 aliphatic heterocycles. The molecule has 1 heterocycles. The van der Waals surface area contributed by atoms with E-state index in [9.17, 15) is 13.6 Å². The molecule has 5 nitrogen and oxygen atoms in total. The van der Waals surface area contributed by atoms with Crippen LogP contribution in [0.5, 0.6) is 11.5 Å². The lowest BCUT2D eigenvalue weighted by Crippen LogP contribution is -2.17. The Kier molecular flexibility index (Phi) is 4.27. The van der Waals surface area contributed by atoms with Gasteiger partial charge in [-0.3, -0.25) is 4.79 Å². The van der Waals surface area contributed by atoms with E-state index in [4.69, 9.17) is 9.47 Å². The molecule has 0 bridgehead atoms. The van der Waals surface area contributed by atoms with Crippen molar-refractivity contribution in [2.75, 3.05) is 24.0 Å². The SMILES string of the molecule is O=C(CCNc1ccc2c(c1)OCO2)Nc1ccc(F)cc1F. The molecule has 0 spiro atoms. The number of fused-ring (bicyclic) bond motifs is 1. The quantitative estimate of drug-likeness (QED) is 0.888. The number of hydrogen-bond donors (Lipinski definition) is 2. The Labute approximate surface area is 131 Å². The van der Waals surface area contributed by atoms with Gasteiger partial charge in [0.15, 0.2) is 11.5 Å².